The van der Waals surface area contributed by atoms with E-state index in [1.165, 1.54) is 10.8 Å². The molecule has 0 radical (unpaired) electrons. The third-order valence-electron chi connectivity index (χ3n) is 7.62. The zero-order valence-electron chi connectivity index (χ0n) is 21.4. The maximum Gasteiger partial charge on any atom is 0.147 e. The topological polar surface area (TPSA) is 59.4 Å². The van der Waals surface area contributed by atoms with Gasteiger partial charge in [0.15, 0.2) is 0 Å². The minimum absolute atomic E-state index is 0.583. The molecule has 186 valence electrons. The number of nitrogens with zero attached hydrogens (tertiary/aromatic N) is 5. The number of benzene rings is 4. The van der Waals surface area contributed by atoms with E-state index in [1.54, 1.807) is 12.4 Å². The Labute approximate surface area is 229 Å². The quantitative estimate of drug-likeness (QED) is 0.240. The zero-order chi connectivity index (χ0) is 26.6. The second kappa shape index (κ2) is 8.65. The first-order valence-electron chi connectivity index (χ1n) is 13.2. The van der Waals surface area contributed by atoms with Crippen LogP contribution in [0.4, 0.5) is 0 Å². The van der Waals surface area contributed by atoms with Gasteiger partial charge in [-0.3, -0.25) is 9.55 Å². The van der Waals surface area contributed by atoms with Crippen molar-refractivity contribution in [2.75, 3.05) is 0 Å². The van der Waals surface area contributed by atoms with Crippen LogP contribution in [0.25, 0.3) is 66.4 Å². The van der Waals surface area contributed by atoms with Gasteiger partial charge in [-0.05, 0) is 66.2 Å². The first kappa shape index (κ1) is 22.3. The predicted octanol–water partition coefficient (Wildman–Crippen LogP) is 8.21. The van der Waals surface area contributed by atoms with E-state index < -0.39 is 0 Å². The fraction of sp³-hybridized carbons (Fsp3) is 0. The summed E-state index contributed by atoms with van der Waals surface area (Å²) in [4.78, 5) is 9.37. The van der Waals surface area contributed by atoms with Crippen LogP contribution >= 0.6 is 0 Å². The normalized spacial score (nSPS) is 11.5. The summed E-state index contributed by atoms with van der Waals surface area (Å²) in [6, 6.07) is 41.8. The predicted molar refractivity (Wildman–Crippen MR) is 161 cm³/mol. The molecule has 0 atom stereocenters. The number of fused-ring (bicyclic) bond motifs is 6. The molecule has 4 aromatic carbocycles. The van der Waals surface area contributed by atoms with E-state index in [-0.39, 0.29) is 0 Å². The van der Waals surface area contributed by atoms with Crippen molar-refractivity contribution in [3.63, 3.8) is 0 Å². The maximum atomic E-state index is 10.1. The van der Waals surface area contributed by atoms with Gasteiger partial charge in [-0.2, -0.15) is 5.26 Å². The second-order valence-corrected chi connectivity index (χ2v) is 9.85. The first-order valence-corrected chi connectivity index (χ1v) is 13.2. The molecule has 40 heavy (non-hydrogen) atoms. The van der Waals surface area contributed by atoms with Crippen molar-refractivity contribution in [1.82, 2.24) is 19.1 Å². The Kier molecular flexibility index (Phi) is 4.82. The molecule has 0 fully saturated rings. The Balaban J connectivity index is 1.43. The third kappa shape index (κ3) is 3.20. The summed E-state index contributed by atoms with van der Waals surface area (Å²) >= 11 is 0. The highest BCUT2D eigenvalue weighted by Crippen LogP contribution is 2.37. The smallest absolute Gasteiger partial charge is 0.147 e. The lowest BCUT2D eigenvalue weighted by Gasteiger charge is -2.16. The third-order valence-corrected chi connectivity index (χ3v) is 7.62. The highest BCUT2D eigenvalue weighted by atomic mass is 15.1. The number of hydrogen-bond donors (Lipinski definition) is 0. The van der Waals surface area contributed by atoms with Gasteiger partial charge in [-0.25, -0.2) is 4.98 Å². The average Bonchev–Trinajstić information content (AvgIpc) is 3.54. The molecule has 0 spiro atoms. The van der Waals surface area contributed by atoms with E-state index in [2.05, 4.69) is 105 Å². The molecule has 0 bridgehead atoms. The molecule has 8 rings (SSSR count). The van der Waals surface area contributed by atoms with E-state index in [0.29, 0.717) is 5.56 Å². The van der Waals surface area contributed by atoms with Gasteiger partial charge >= 0.3 is 0 Å². The summed E-state index contributed by atoms with van der Waals surface area (Å²) in [5.41, 5.74) is 9.46. The number of hydrogen-bond acceptors (Lipinski definition) is 3. The van der Waals surface area contributed by atoms with Gasteiger partial charge in [0.2, 0.25) is 0 Å². The van der Waals surface area contributed by atoms with Crippen molar-refractivity contribution in [3.05, 3.63) is 133 Å². The highest BCUT2D eigenvalue weighted by Gasteiger charge is 2.18. The summed E-state index contributed by atoms with van der Waals surface area (Å²) < 4.78 is 4.43. The van der Waals surface area contributed by atoms with Crippen LogP contribution in [0, 0.1) is 11.3 Å². The number of rotatable bonds is 3. The van der Waals surface area contributed by atoms with E-state index in [4.69, 9.17) is 4.98 Å². The van der Waals surface area contributed by atoms with Crippen LogP contribution in [-0.2, 0) is 0 Å². The van der Waals surface area contributed by atoms with Crippen LogP contribution in [0.3, 0.4) is 0 Å². The molecular formula is C35H21N5. The molecule has 8 aromatic rings. The van der Waals surface area contributed by atoms with Gasteiger partial charge in [0.05, 0.1) is 39.4 Å². The van der Waals surface area contributed by atoms with Crippen LogP contribution in [-0.4, -0.2) is 19.1 Å². The molecule has 4 aromatic heterocycles. The summed E-state index contributed by atoms with van der Waals surface area (Å²) in [7, 11) is 0. The van der Waals surface area contributed by atoms with Crippen molar-refractivity contribution in [2.45, 2.75) is 0 Å². The Morgan fingerprint density at radius 3 is 2.02 bits per heavy atom. The van der Waals surface area contributed by atoms with Crippen LogP contribution in [0.2, 0.25) is 0 Å². The van der Waals surface area contributed by atoms with Gasteiger partial charge in [0.1, 0.15) is 5.65 Å². The van der Waals surface area contributed by atoms with Gasteiger partial charge in [0, 0.05) is 39.8 Å². The maximum absolute atomic E-state index is 10.1. The van der Waals surface area contributed by atoms with E-state index in [1.807, 2.05) is 30.3 Å². The molecule has 0 unspecified atom stereocenters. The SMILES string of the molecule is N#Cc1cc(-c2ccccc2-n2c3ccccc3c3ccccc32)cc(-n2c3cccnc3c3cccnc32)c1. The lowest BCUT2D eigenvalue weighted by Crippen LogP contribution is -2.00. The Morgan fingerprint density at radius 2 is 1.23 bits per heavy atom. The zero-order valence-corrected chi connectivity index (χ0v) is 21.4. The average molecular weight is 512 g/mol. The number of para-hydroxylation sites is 3. The minimum Gasteiger partial charge on any atom is -0.309 e. The molecular weight excluding hydrogens is 490 g/mol. The van der Waals surface area contributed by atoms with E-state index in [0.717, 1.165) is 55.6 Å². The molecule has 4 heterocycles. The summed E-state index contributed by atoms with van der Waals surface area (Å²) in [5.74, 6) is 0. The lowest BCUT2D eigenvalue weighted by molar-refractivity contribution is 1.13. The Morgan fingerprint density at radius 1 is 0.575 bits per heavy atom. The standard InChI is InChI=1S/C35H21N5/c36-22-23-19-24(21-25(20-23)39-33-16-8-17-37-34(33)29-12-7-18-38-35(29)39)26-9-1-4-13-30(26)40-31-14-5-2-10-27(31)28-11-3-6-15-32(28)40/h1-21H. The van der Waals surface area contributed by atoms with Crippen molar-refractivity contribution < 1.29 is 0 Å². The van der Waals surface area contributed by atoms with Gasteiger partial charge in [-0.15, -0.1) is 0 Å². The molecule has 0 saturated carbocycles. The molecule has 0 aliphatic rings. The molecule has 5 heteroatoms. The summed E-state index contributed by atoms with van der Waals surface area (Å²) in [6.45, 7) is 0. The molecule has 0 saturated heterocycles. The van der Waals surface area contributed by atoms with Crippen LogP contribution in [0.5, 0.6) is 0 Å². The van der Waals surface area contributed by atoms with Crippen molar-refractivity contribution in [2.24, 2.45) is 0 Å². The van der Waals surface area contributed by atoms with Crippen LogP contribution < -0.4 is 0 Å². The fourth-order valence-electron chi connectivity index (χ4n) is 5.98. The van der Waals surface area contributed by atoms with Gasteiger partial charge in [0.25, 0.3) is 0 Å². The molecule has 0 amide bonds. The largest absolute Gasteiger partial charge is 0.309 e. The lowest BCUT2D eigenvalue weighted by atomic mass is 10.00. The number of pyridine rings is 2. The first-order chi connectivity index (χ1) is 19.8. The van der Waals surface area contributed by atoms with Gasteiger partial charge < -0.3 is 4.57 Å². The summed E-state index contributed by atoms with van der Waals surface area (Å²) in [6.07, 6.45) is 3.60. The Bertz CT molecular complexity index is 2190. The molecule has 5 nitrogen and oxygen atoms in total. The molecule has 0 aliphatic heterocycles. The minimum atomic E-state index is 0.583. The monoisotopic (exact) mass is 511 g/mol. The van der Waals surface area contributed by atoms with Crippen molar-refractivity contribution >= 4 is 43.9 Å². The van der Waals surface area contributed by atoms with Crippen LogP contribution in [0.15, 0.2) is 128 Å². The summed E-state index contributed by atoms with van der Waals surface area (Å²) in [5, 5.41) is 13.5. The molecule has 0 aliphatic carbocycles. The molecule has 0 N–H and O–H groups in total. The van der Waals surface area contributed by atoms with Crippen molar-refractivity contribution in [1.29, 1.82) is 5.26 Å². The van der Waals surface area contributed by atoms with E-state index >= 15 is 0 Å². The Hall–Kier alpha value is -5.73. The van der Waals surface area contributed by atoms with Crippen molar-refractivity contribution in [3.8, 4) is 28.6 Å². The van der Waals surface area contributed by atoms with E-state index in [9.17, 15) is 5.26 Å². The second-order valence-electron chi connectivity index (χ2n) is 9.85. The number of nitriles is 1. The fourth-order valence-corrected chi connectivity index (χ4v) is 5.98. The number of aromatic nitrogens is 4. The highest BCUT2D eigenvalue weighted by molar-refractivity contribution is 6.10. The van der Waals surface area contributed by atoms with Gasteiger partial charge in [-0.1, -0.05) is 54.6 Å². The van der Waals surface area contributed by atoms with Crippen LogP contribution in [0.1, 0.15) is 5.56 Å².